The summed E-state index contributed by atoms with van der Waals surface area (Å²) in [6.07, 6.45) is 2.02. The van der Waals surface area contributed by atoms with Gasteiger partial charge in [-0.05, 0) is 37.5 Å². The van der Waals surface area contributed by atoms with Crippen LogP contribution in [0, 0.1) is 17.0 Å². The predicted octanol–water partition coefficient (Wildman–Crippen LogP) is 3.77. The van der Waals surface area contributed by atoms with Gasteiger partial charge in [0.1, 0.15) is 11.5 Å². The fraction of sp³-hybridized carbons (Fsp3) is 0.286. The lowest BCUT2D eigenvalue weighted by atomic mass is 10.1. The molecular formula is C21H22N6O3S. The molecule has 0 saturated carbocycles. The van der Waals surface area contributed by atoms with Gasteiger partial charge in [0.15, 0.2) is 0 Å². The first kappa shape index (κ1) is 20.9. The summed E-state index contributed by atoms with van der Waals surface area (Å²) in [5.41, 5.74) is 4.59. The highest BCUT2D eigenvalue weighted by atomic mass is 32.2. The molecule has 0 aliphatic carbocycles. The van der Waals surface area contributed by atoms with Gasteiger partial charge in [0.2, 0.25) is 5.16 Å². The Hall–Kier alpha value is -3.40. The molecule has 10 heteroatoms. The lowest BCUT2D eigenvalue weighted by Crippen LogP contribution is -2.25. The molecule has 1 aromatic heterocycles. The van der Waals surface area contributed by atoms with Crippen molar-refractivity contribution in [3.8, 4) is 0 Å². The van der Waals surface area contributed by atoms with Crippen molar-refractivity contribution >= 4 is 29.0 Å². The number of carbonyl (C=O) groups excluding carboxylic acids is 1. The average Bonchev–Trinajstić information content (AvgIpc) is 3.43. The minimum absolute atomic E-state index is 0.0614. The first-order chi connectivity index (χ1) is 15.0. The number of aromatic nitrogens is 3. The lowest BCUT2D eigenvalue weighted by molar-refractivity contribution is -0.384. The fourth-order valence-corrected chi connectivity index (χ4v) is 4.38. The number of nitrogens with zero attached hydrogens (tertiary/aromatic N) is 5. The zero-order valence-electron chi connectivity index (χ0n) is 17.0. The van der Waals surface area contributed by atoms with Gasteiger partial charge in [-0.25, -0.2) is 4.68 Å². The van der Waals surface area contributed by atoms with E-state index in [0.29, 0.717) is 22.4 Å². The van der Waals surface area contributed by atoms with Crippen LogP contribution in [0.5, 0.6) is 0 Å². The molecule has 1 N–H and O–H groups in total. The van der Waals surface area contributed by atoms with Crippen LogP contribution in [0.4, 0.5) is 11.4 Å². The summed E-state index contributed by atoms with van der Waals surface area (Å²) >= 11 is 1.45. The van der Waals surface area contributed by atoms with Gasteiger partial charge < -0.3 is 4.90 Å². The molecule has 2 aromatic carbocycles. The number of aryl methyl sites for hydroxylation is 1. The molecule has 3 aromatic rings. The molecule has 0 spiro atoms. The van der Waals surface area contributed by atoms with E-state index in [1.165, 1.54) is 22.5 Å². The zero-order chi connectivity index (χ0) is 21.8. The standard InChI is InChI=1S/C21H22N6O3S/c1-15-22-23-21(31-14-16-7-3-2-4-8-16)26(15)24-20(28)17-9-10-18(19(13-17)27(29)30)25-11-5-6-12-25/h2-4,7-10,13H,5-6,11-12,14H2,1H3,(H,24,28). The number of nitro benzene ring substituents is 1. The maximum Gasteiger partial charge on any atom is 0.293 e. The second kappa shape index (κ2) is 9.17. The quantitative estimate of drug-likeness (QED) is 0.340. The van der Waals surface area contributed by atoms with Gasteiger partial charge >= 0.3 is 0 Å². The third-order valence-corrected chi connectivity index (χ3v) is 6.10. The Morgan fingerprint density at radius 3 is 2.61 bits per heavy atom. The maximum atomic E-state index is 12.9. The summed E-state index contributed by atoms with van der Waals surface area (Å²) in [6, 6.07) is 14.5. The first-order valence-electron chi connectivity index (χ1n) is 9.96. The SMILES string of the molecule is Cc1nnc(SCc2ccccc2)n1NC(=O)c1ccc(N2CCCC2)c([N+](=O)[O-])c1. The van der Waals surface area contributed by atoms with Gasteiger partial charge in [0, 0.05) is 30.5 Å². The van der Waals surface area contributed by atoms with Crippen LogP contribution in [0.2, 0.25) is 0 Å². The molecule has 0 radical (unpaired) electrons. The molecule has 160 valence electrons. The van der Waals surface area contributed by atoms with E-state index >= 15 is 0 Å². The maximum absolute atomic E-state index is 12.9. The molecule has 1 aliphatic rings. The topological polar surface area (TPSA) is 106 Å². The normalized spacial score (nSPS) is 13.4. The third kappa shape index (κ3) is 4.69. The Morgan fingerprint density at radius 2 is 1.90 bits per heavy atom. The fourth-order valence-electron chi connectivity index (χ4n) is 3.49. The number of hydrogen-bond acceptors (Lipinski definition) is 7. The molecule has 1 saturated heterocycles. The average molecular weight is 439 g/mol. The molecule has 9 nitrogen and oxygen atoms in total. The molecule has 2 heterocycles. The predicted molar refractivity (Wildman–Crippen MR) is 119 cm³/mol. The number of nitrogens with one attached hydrogen (secondary N) is 1. The Bertz CT molecular complexity index is 1100. The van der Waals surface area contributed by atoms with E-state index in [0.717, 1.165) is 31.5 Å². The van der Waals surface area contributed by atoms with Crippen LogP contribution < -0.4 is 10.3 Å². The highest BCUT2D eigenvalue weighted by Gasteiger charge is 2.24. The van der Waals surface area contributed by atoms with Crippen molar-refractivity contribution in [2.75, 3.05) is 23.4 Å². The molecule has 1 fully saturated rings. The van der Waals surface area contributed by atoms with Crippen molar-refractivity contribution in [3.63, 3.8) is 0 Å². The van der Waals surface area contributed by atoms with Crippen molar-refractivity contribution in [1.29, 1.82) is 0 Å². The van der Waals surface area contributed by atoms with E-state index in [4.69, 9.17) is 0 Å². The third-order valence-electron chi connectivity index (χ3n) is 5.10. The monoisotopic (exact) mass is 438 g/mol. The molecule has 0 unspecified atom stereocenters. The smallest absolute Gasteiger partial charge is 0.293 e. The van der Waals surface area contributed by atoms with E-state index in [-0.39, 0.29) is 11.3 Å². The van der Waals surface area contributed by atoms with E-state index in [9.17, 15) is 14.9 Å². The van der Waals surface area contributed by atoms with Crippen LogP contribution in [0.15, 0.2) is 53.7 Å². The van der Waals surface area contributed by atoms with E-state index in [1.54, 1.807) is 19.1 Å². The van der Waals surface area contributed by atoms with Gasteiger partial charge in [-0.3, -0.25) is 20.3 Å². The highest BCUT2D eigenvalue weighted by Crippen LogP contribution is 2.31. The minimum Gasteiger partial charge on any atom is -0.366 e. The second-order valence-electron chi connectivity index (χ2n) is 7.24. The van der Waals surface area contributed by atoms with Gasteiger partial charge in [0.25, 0.3) is 11.6 Å². The zero-order valence-corrected chi connectivity index (χ0v) is 17.8. The van der Waals surface area contributed by atoms with E-state index < -0.39 is 10.8 Å². The summed E-state index contributed by atoms with van der Waals surface area (Å²) in [7, 11) is 0. The van der Waals surface area contributed by atoms with Crippen LogP contribution in [0.3, 0.4) is 0 Å². The number of carbonyl (C=O) groups is 1. The van der Waals surface area contributed by atoms with Crippen molar-refractivity contribution in [2.45, 2.75) is 30.7 Å². The molecule has 31 heavy (non-hydrogen) atoms. The van der Waals surface area contributed by atoms with Crippen LogP contribution in [0.25, 0.3) is 0 Å². The van der Waals surface area contributed by atoms with Crippen molar-refractivity contribution < 1.29 is 9.72 Å². The van der Waals surface area contributed by atoms with Crippen LogP contribution in [0.1, 0.15) is 34.6 Å². The van der Waals surface area contributed by atoms with Crippen molar-refractivity contribution in [1.82, 2.24) is 14.9 Å². The van der Waals surface area contributed by atoms with Gasteiger partial charge in [-0.2, -0.15) is 0 Å². The largest absolute Gasteiger partial charge is 0.366 e. The summed E-state index contributed by atoms with van der Waals surface area (Å²) < 4.78 is 1.51. The lowest BCUT2D eigenvalue weighted by Gasteiger charge is -2.18. The molecule has 0 atom stereocenters. The number of thioether (sulfide) groups is 1. The molecule has 1 amide bonds. The Kier molecular flexibility index (Phi) is 6.17. The Labute approximate surface area is 183 Å². The minimum atomic E-state index is -0.458. The highest BCUT2D eigenvalue weighted by molar-refractivity contribution is 7.98. The summed E-state index contributed by atoms with van der Waals surface area (Å²) in [5.74, 6) is 0.734. The summed E-state index contributed by atoms with van der Waals surface area (Å²) in [4.78, 5) is 26.0. The number of nitro groups is 1. The molecule has 1 aliphatic heterocycles. The van der Waals surface area contributed by atoms with Crippen molar-refractivity contribution in [3.05, 3.63) is 75.6 Å². The van der Waals surface area contributed by atoms with E-state index in [2.05, 4.69) is 15.6 Å². The van der Waals surface area contributed by atoms with Crippen LogP contribution in [-0.4, -0.2) is 38.8 Å². The number of amides is 1. The number of anilines is 1. The number of benzene rings is 2. The van der Waals surface area contributed by atoms with Gasteiger partial charge in [0.05, 0.1) is 4.92 Å². The Morgan fingerprint density at radius 1 is 1.16 bits per heavy atom. The number of hydrogen-bond donors (Lipinski definition) is 1. The summed E-state index contributed by atoms with van der Waals surface area (Å²) in [5, 5.41) is 20.3. The Balaban J connectivity index is 1.52. The van der Waals surface area contributed by atoms with E-state index in [1.807, 2.05) is 35.2 Å². The number of rotatable bonds is 7. The first-order valence-corrected chi connectivity index (χ1v) is 10.9. The van der Waals surface area contributed by atoms with Crippen LogP contribution in [-0.2, 0) is 5.75 Å². The van der Waals surface area contributed by atoms with Crippen molar-refractivity contribution in [2.24, 2.45) is 0 Å². The van der Waals surface area contributed by atoms with Gasteiger partial charge in [-0.1, -0.05) is 42.1 Å². The summed E-state index contributed by atoms with van der Waals surface area (Å²) in [6.45, 7) is 3.31. The second-order valence-corrected chi connectivity index (χ2v) is 8.18. The molecular weight excluding hydrogens is 416 g/mol. The van der Waals surface area contributed by atoms with Crippen LogP contribution >= 0.6 is 11.8 Å². The van der Waals surface area contributed by atoms with Gasteiger partial charge in [-0.15, -0.1) is 10.2 Å². The molecule has 0 bridgehead atoms. The molecule has 4 rings (SSSR count).